The van der Waals surface area contributed by atoms with Gasteiger partial charge in [-0.25, -0.2) is 4.89 Å². The second kappa shape index (κ2) is 5.58. The van der Waals surface area contributed by atoms with Crippen LogP contribution in [0.4, 0.5) is 4.79 Å². The maximum Gasteiger partial charge on any atom is 0.526 e. The average Bonchev–Trinajstić information content (AvgIpc) is 2.19. The van der Waals surface area contributed by atoms with Crippen molar-refractivity contribution in [2.75, 3.05) is 0 Å². The fourth-order valence-corrected chi connectivity index (χ4v) is 0.789. The molecule has 70 valence electrons. The summed E-state index contributed by atoms with van der Waals surface area (Å²) in [5, 5.41) is 0. The molecule has 0 radical (unpaired) electrons. The van der Waals surface area contributed by atoms with Crippen molar-refractivity contribution in [3.63, 3.8) is 0 Å². The molecule has 1 amide bonds. The molecule has 0 fully saturated rings. The third-order valence-electron chi connectivity index (χ3n) is 1.31. The lowest BCUT2D eigenvalue weighted by atomic mass is 10.2. The van der Waals surface area contributed by atoms with Gasteiger partial charge in [0.2, 0.25) is 0 Å². The molecule has 0 saturated heterocycles. The van der Waals surface area contributed by atoms with Crippen molar-refractivity contribution in [2.24, 2.45) is 0 Å². The number of primary amides is 1. The molecule has 0 aromatic heterocycles. The molecule has 4 nitrogen and oxygen atoms in total. The van der Waals surface area contributed by atoms with E-state index in [1.807, 2.05) is 30.3 Å². The lowest BCUT2D eigenvalue weighted by Crippen LogP contribution is -2.82. The summed E-state index contributed by atoms with van der Waals surface area (Å²) >= 11 is 4.33. The Morgan fingerprint density at radius 3 is 2.69 bits per heavy atom. The Bertz CT molecular complexity index is 265. The van der Waals surface area contributed by atoms with E-state index in [1.54, 1.807) is 0 Å². The second-order valence-electron chi connectivity index (χ2n) is 2.27. The normalized spacial score (nSPS) is 9.62. The number of carbonyl (C=O) groups is 1. The van der Waals surface area contributed by atoms with Gasteiger partial charge in [-0.2, -0.15) is 9.68 Å². The highest BCUT2D eigenvalue weighted by Crippen LogP contribution is 1.99. The maximum atomic E-state index is 10.5. The van der Waals surface area contributed by atoms with Crippen molar-refractivity contribution in [2.45, 2.75) is 6.61 Å². The van der Waals surface area contributed by atoms with Gasteiger partial charge in [0.05, 0.1) is 0 Å². The molecule has 1 aromatic rings. The largest absolute Gasteiger partial charge is 0.526 e. The zero-order valence-electron chi connectivity index (χ0n) is 6.80. The van der Waals surface area contributed by atoms with Crippen LogP contribution in [-0.4, -0.2) is 6.09 Å². The van der Waals surface area contributed by atoms with Gasteiger partial charge in [0.25, 0.3) is 0 Å². The SMILES string of the molecule is O=C([NH2+][S-])OOCc1ccccc1. The zero-order valence-corrected chi connectivity index (χ0v) is 7.62. The molecule has 0 aliphatic carbocycles. The molecule has 5 heteroatoms. The highest BCUT2D eigenvalue weighted by molar-refractivity contribution is 7.51. The summed E-state index contributed by atoms with van der Waals surface area (Å²) in [4.78, 5) is 19.4. The molecule has 2 N–H and O–H groups in total. The van der Waals surface area contributed by atoms with E-state index in [-0.39, 0.29) is 6.61 Å². The van der Waals surface area contributed by atoms with Crippen molar-refractivity contribution in [1.29, 1.82) is 0 Å². The lowest BCUT2D eigenvalue weighted by molar-refractivity contribution is -0.433. The van der Waals surface area contributed by atoms with Gasteiger partial charge in [-0.1, -0.05) is 30.3 Å². The van der Waals surface area contributed by atoms with E-state index in [4.69, 9.17) is 0 Å². The topological polar surface area (TPSA) is 52.1 Å². The summed E-state index contributed by atoms with van der Waals surface area (Å²) in [5.74, 6) is 0. The Labute approximate surface area is 81.3 Å². The van der Waals surface area contributed by atoms with Crippen LogP contribution in [0.25, 0.3) is 0 Å². The molecule has 0 bridgehead atoms. The van der Waals surface area contributed by atoms with E-state index in [0.717, 1.165) is 10.3 Å². The highest BCUT2D eigenvalue weighted by atomic mass is 32.1. The van der Waals surface area contributed by atoms with Crippen molar-refractivity contribution in [3.8, 4) is 0 Å². The van der Waals surface area contributed by atoms with E-state index in [2.05, 4.69) is 22.6 Å². The molecule has 0 unspecified atom stereocenters. The van der Waals surface area contributed by atoms with E-state index in [0.29, 0.717) is 0 Å². The molecular weight excluding hydrogens is 190 g/mol. The van der Waals surface area contributed by atoms with E-state index < -0.39 is 6.09 Å². The first kappa shape index (κ1) is 10.0. The quantitative estimate of drug-likeness (QED) is 0.431. The van der Waals surface area contributed by atoms with E-state index in [1.165, 1.54) is 0 Å². The molecule has 0 spiro atoms. The van der Waals surface area contributed by atoms with Crippen molar-refractivity contribution < 1.29 is 19.3 Å². The number of hydrogen-bond donors (Lipinski definition) is 1. The van der Waals surface area contributed by atoms with Gasteiger partial charge in [0.15, 0.2) is 0 Å². The van der Waals surface area contributed by atoms with Gasteiger partial charge in [0.1, 0.15) is 6.61 Å². The average molecular weight is 199 g/mol. The Morgan fingerprint density at radius 1 is 1.38 bits per heavy atom. The van der Waals surface area contributed by atoms with Gasteiger partial charge in [-0.15, -0.1) is 0 Å². The Kier molecular flexibility index (Phi) is 4.31. The highest BCUT2D eigenvalue weighted by Gasteiger charge is 2.00. The van der Waals surface area contributed by atoms with Crippen LogP contribution >= 0.6 is 0 Å². The standard InChI is InChI=1S/C8H9NO3S/c10-8(9-13)12-11-6-7-4-2-1-3-5-7/h1-5H,6,9H2. The summed E-state index contributed by atoms with van der Waals surface area (Å²) in [6.45, 7) is 0.232. The lowest BCUT2D eigenvalue weighted by Gasteiger charge is -2.02. The predicted octanol–water partition coefficient (Wildman–Crippen LogP) is 0.280. The van der Waals surface area contributed by atoms with Crippen LogP contribution < -0.4 is 4.72 Å². The van der Waals surface area contributed by atoms with Crippen LogP contribution in [0.2, 0.25) is 0 Å². The maximum absolute atomic E-state index is 10.5. The smallest absolute Gasteiger partial charge is 0.485 e. The monoisotopic (exact) mass is 199 g/mol. The first-order chi connectivity index (χ1) is 6.33. The zero-order chi connectivity index (χ0) is 9.52. The molecule has 1 aromatic carbocycles. The van der Waals surface area contributed by atoms with Crippen molar-refractivity contribution in [3.05, 3.63) is 35.9 Å². The number of rotatable bonds is 3. The first-order valence-electron chi connectivity index (χ1n) is 3.65. The molecule has 1 rings (SSSR count). The summed E-state index contributed by atoms with van der Waals surface area (Å²) in [6, 6.07) is 9.38. The predicted molar refractivity (Wildman–Crippen MR) is 47.0 cm³/mol. The number of quaternary nitrogens is 1. The van der Waals surface area contributed by atoms with Crippen LogP contribution in [-0.2, 0) is 29.2 Å². The number of nitrogens with two attached hydrogens (primary N) is 1. The van der Waals surface area contributed by atoms with Crippen LogP contribution in [0.3, 0.4) is 0 Å². The van der Waals surface area contributed by atoms with Crippen molar-refractivity contribution >= 4 is 18.9 Å². The third kappa shape index (κ3) is 3.93. The van der Waals surface area contributed by atoms with Crippen molar-refractivity contribution in [1.82, 2.24) is 0 Å². The molecule has 0 atom stereocenters. The number of benzene rings is 1. The summed E-state index contributed by atoms with van der Waals surface area (Å²) in [7, 11) is 0. The number of amides is 1. The Hall–Kier alpha value is -1.04. The minimum atomic E-state index is -0.661. The minimum absolute atomic E-state index is 0.232. The molecule has 0 heterocycles. The molecule has 13 heavy (non-hydrogen) atoms. The van der Waals surface area contributed by atoms with E-state index in [9.17, 15) is 4.79 Å². The van der Waals surface area contributed by atoms with E-state index >= 15 is 0 Å². The third-order valence-corrected chi connectivity index (χ3v) is 1.50. The van der Waals surface area contributed by atoms with Gasteiger partial charge in [0, 0.05) is 0 Å². The van der Waals surface area contributed by atoms with Crippen LogP contribution in [0.15, 0.2) is 30.3 Å². The van der Waals surface area contributed by atoms with Crippen LogP contribution in [0.1, 0.15) is 5.56 Å². The Balaban J connectivity index is 2.24. The molecular formula is C8H9NO3S. The van der Waals surface area contributed by atoms with Gasteiger partial charge in [-0.05, 0) is 5.56 Å². The van der Waals surface area contributed by atoms with Gasteiger partial charge >= 0.3 is 6.09 Å². The molecule has 0 saturated carbocycles. The van der Waals surface area contributed by atoms with Gasteiger partial charge < -0.3 is 17.5 Å². The summed E-state index contributed by atoms with van der Waals surface area (Å²) in [5.41, 5.74) is 0.930. The van der Waals surface area contributed by atoms with Crippen LogP contribution in [0.5, 0.6) is 0 Å². The summed E-state index contributed by atoms with van der Waals surface area (Å²) in [6.07, 6.45) is -0.661. The first-order valence-corrected chi connectivity index (χ1v) is 4.12. The minimum Gasteiger partial charge on any atom is -0.485 e. The second-order valence-corrected chi connectivity index (χ2v) is 2.50. The van der Waals surface area contributed by atoms with Crippen LogP contribution in [0, 0.1) is 0 Å². The van der Waals surface area contributed by atoms with Gasteiger partial charge in [-0.3, -0.25) is 0 Å². The number of carbonyl (C=O) groups excluding carboxylic acids is 1. The summed E-state index contributed by atoms with van der Waals surface area (Å²) < 4.78 is 0.880. The molecule has 0 aliphatic rings. The molecule has 0 aliphatic heterocycles. The fraction of sp³-hybridized carbons (Fsp3) is 0.125. The fourth-order valence-electron chi connectivity index (χ4n) is 0.749. The number of hydrogen-bond acceptors (Lipinski definition) is 4. The Morgan fingerprint density at radius 2 is 2.08 bits per heavy atom.